The van der Waals surface area contributed by atoms with Crippen LogP contribution in [0.15, 0.2) is 17.4 Å². The van der Waals surface area contributed by atoms with Crippen LogP contribution in [0.4, 0.5) is 13.2 Å². The van der Waals surface area contributed by atoms with Crippen LogP contribution in [-0.2, 0) is 16.6 Å². The molecule has 0 aromatic carbocycles. The Kier molecular flexibility index (Phi) is 10.8. The van der Waals surface area contributed by atoms with E-state index >= 15 is 0 Å². The molecule has 2 N–H and O–H groups in total. The van der Waals surface area contributed by atoms with E-state index in [0.717, 1.165) is 25.2 Å². The van der Waals surface area contributed by atoms with E-state index in [1.807, 2.05) is 20.0 Å². The van der Waals surface area contributed by atoms with E-state index in [-0.39, 0.29) is 43.1 Å². The Balaban J connectivity index is 0.00000450. The number of sulfonamides is 1. The third-order valence-electron chi connectivity index (χ3n) is 4.77. The Labute approximate surface area is 192 Å². The molecule has 30 heavy (non-hydrogen) atoms. The van der Waals surface area contributed by atoms with E-state index in [1.165, 1.54) is 0 Å². The number of aryl methyl sites for hydroxylation is 2. The minimum Gasteiger partial charge on any atom is -0.357 e. The number of aliphatic imine (C=N–C) groups is 1. The molecule has 1 aromatic heterocycles. The summed E-state index contributed by atoms with van der Waals surface area (Å²) in [4.78, 5) is 8.69. The van der Waals surface area contributed by atoms with Crippen molar-refractivity contribution in [1.29, 1.82) is 0 Å². The third kappa shape index (κ3) is 7.55. The van der Waals surface area contributed by atoms with Crippen LogP contribution in [0, 0.1) is 6.92 Å². The first-order valence-corrected chi connectivity index (χ1v) is 11.2. The second-order valence-electron chi connectivity index (χ2n) is 6.90. The molecule has 0 radical (unpaired) electrons. The molecule has 0 aliphatic carbocycles. The van der Waals surface area contributed by atoms with Crippen LogP contribution in [0.25, 0.3) is 0 Å². The van der Waals surface area contributed by atoms with Gasteiger partial charge in [-0.3, -0.25) is 4.99 Å². The maximum atomic E-state index is 12.7. The van der Waals surface area contributed by atoms with E-state index < -0.39 is 15.5 Å². The summed E-state index contributed by atoms with van der Waals surface area (Å²) in [5, 5.41) is 6.32. The van der Waals surface area contributed by atoms with Gasteiger partial charge in [0.25, 0.3) is 0 Å². The molecule has 1 saturated heterocycles. The molecule has 1 aromatic rings. The summed E-state index contributed by atoms with van der Waals surface area (Å²) in [6.45, 7) is 5.70. The maximum Gasteiger partial charge on any atom is 0.511 e. The van der Waals surface area contributed by atoms with Gasteiger partial charge in [-0.15, -0.1) is 24.0 Å². The van der Waals surface area contributed by atoms with E-state index in [9.17, 15) is 21.6 Å². The van der Waals surface area contributed by atoms with Crippen molar-refractivity contribution >= 4 is 40.0 Å². The molecule has 8 nitrogen and oxygen atoms in total. The molecule has 13 heteroatoms. The second-order valence-corrected chi connectivity index (χ2v) is 8.83. The lowest BCUT2D eigenvalue weighted by Gasteiger charge is -2.32. The minimum absolute atomic E-state index is 0. The van der Waals surface area contributed by atoms with E-state index in [4.69, 9.17) is 0 Å². The molecular weight excluding hydrogens is 536 g/mol. The highest BCUT2D eigenvalue weighted by Gasteiger charge is 2.50. The molecule has 1 aliphatic rings. The molecule has 0 spiro atoms. The molecule has 1 fully saturated rings. The summed E-state index contributed by atoms with van der Waals surface area (Å²) >= 11 is 0. The van der Waals surface area contributed by atoms with Crippen molar-refractivity contribution in [2.75, 3.05) is 26.2 Å². The second kappa shape index (κ2) is 12.1. The van der Waals surface area contributed by atoms with E-state index in [0.29, 0.717) is 36.2 Å². The molecule has 2 heterocycles. The molecule has 2 rings (SSSR count). The number of hydrogen-bond donors (Lipinski definition) is 2. The van der Waals surface area contributed by atoms with Gasteiger partial charge in [-0.05, 0) is 39.5 Å². The Morgan fingerprint density at radius 1 is 1.30 bits per heavy atom. The van der Waals surface area contributed by atoms with Crippen LogP contribution >= 0.6 is 24.0 Å². The van der Waals surface area contributed by atoms with E-state index in [2.05, 4.69) is 25.2 Å². The zero-order valence-electron chi connectivity index (χ0n) is 17.2. The average Bonchev–Trinajstić information content (AvgIpc) is 3.06. The van der Waals surface area contributed by atoms with Crippen molar-refractivity contribution in [3.05, 3.63) is 18.2 Å². The molecule has 0 saturated carbocycles. The fraction of sp³-hybridized carbons (Fsp3) is 0.765. The maximum absolute atomic E-state index is 12.7. The average molecular weight is 566 g/mol. The lowest BCUT2D eigenvalue weighted by molar-refractivity contribution is -0.0494. The van der Waals surface area contributed by atoms with Crippen molar-refractivity contribution in [1.82, 2.24) is 24.5 Å². The van der Waals surface area contributed by atoms with Crippen LogP contribution in [0.3, 0.4) is 0 Å². The normalized spacial score (nSPS) is 16.9. The Bertz CT molecular complexity index is 777. The molecule has 0 amide bonds. The highest BCUT2D eigenvalue weighted by Crippen LogP contribution is 2.28. The van der Waals surface area contributed by atoms with Gasteiger partial charge in [-0.2, -0.15) is 17.5 Å². The molecule has 1 aliphatic heterocycles. The number of piperidine rings is 1. The van der Waals surface area contributed by atoms with Crippen molar-refractivity contribution < 1.29 is 21.6 Å². The number of unbranched alkanes of at least 4 members (excludes halogenated alkanes) is 1. The molecule has 174 valence electrons. The number of guanidine groups is 1. The predicted molar refractivity (Wildman–Crippen MR) is 120 cm³/mol. The van der Waals surface area contributed by atoms with Crippen molar-refractivity contribution in [3.63, 3.8) is 0 Å². The highest BCUT2D eigenvalue weighted by atomic mass is 127. The van der Waals surface area contributed by atoms with Crippen LogP contribution < -0.4 is 10.6 Å². The molecule has 0 bridgehead atoms. The highest BCUT2D eigenvalue weighted by molar-refractivity contribution is 14.0. The zero-order chi connectivity index (χ0) is 21.5. The standard InChI is InChI=1S/C17H29F3N6O2S.HI/c1-3-21-16(23-8-4-5-10-25-13-9-22-14(25)2)24-15-6-11-26(12-7-15)29(27,28)17(18,19)20;/h9,13,15H,3-8,10-12H2,1-2H3,(H2,21,23,24);1H. The van der Waals surface area contributed by atoms with Gasteiger partial charge in [0.15, 0.2) is 5.96 Å². The summed E-state index contributed by atoms with van der Waals surface area (Å²) in [5.74, 6) is 1.57. The van der Waals surface area contributed by atoms with Crippen LogP contribution in [-0.4, -0.2) is 66.0 Å². The van der Waals surface area contributed by atoms with Crippen LogP contribution in [0.5, 0.6) is 0 Å². The third-order valence-corrected chi connectivity index (χ3v) is 6.40. The number of aromatic nitrogens is 2. The summed E-state index contributed by atoms with van der Waals surface area (Å²) in [6, 6.07) is -0.124. The summed E-state index contributed by atoms with van der Waals surface area (Å²) in [6.07, 6.45) is 6.13. The zero-order valence-corrected chi connectivity index (χ0v) is 20.3. The molecule has 0 atom stereocenters. The van der Waals surface area contributed by atoms with Gasteiger partial charge in [0.2, 0.25) is 0 Å². The first-order chi connectivity index (χ1) is 13.6. The number of halogens is 4. The van der Waals surface area contributed by atoms with Gasteiger partial charge in [-0.1, -0.05) is 0 Å². The van der Waals surface area contributed by atoms with Crippen LogP contribution in [0.2, 0.25) is 0 Å². The number of hydrogen-bond acceptors (Lipinski definition) is 4. The summed E-state index contributed by atoms with van der Waals surface area (Å²) in [7, 11) is -5.25. The van der Waals surface area contributed by atoms with Gasteiger partial charge in [0.1, 0.15) is 5.82 Å². The topological polar surface area (TPSA) is 91.6 Å². The lowest BCUT2D eigenvalue weighted by Crippen LogP contribution is -2.51. The van der Waals surface area contributed by atoms with Gasteiger partial charge < -0.3 is 15.2 Å². The van der Waals surface area contributed by atoms with Gasteiger partial charge in [0, 0.05) is 51.2 Å². The minimum atomic E-state index is -5.25. The Hall–Kier alpha value is -1.09. The van der Waals surface area contributed by atoms with Crippen LogP contribution in [0.1, 0.15) is 38.4 Å². The largest absolute Gasteiger partial charge is 0.511 e. The fourth-order valence-electron chi connectivity index (χ4n) is 3.13. The smallest absolute Gasteiger partial charge is 0.357 e. The predicted octanol–water partition coefficient (Wildman–Crippen LogP) is 2.46. The first-order valence-electron chi connectivity index (χ1n) is 9.74. The number of imidazole rings is 1. The fourth-order valence-corrected chi connectivity index (χ4v) is 4.11. The summed E-state index contributed by atoms with van der Waals surface area (Å²) in [5.41, 5.74) is -5.25. The molecular formula is C17H30F3IN6O2S. The summed E-state index contributed by atoms with van der Waals surface area (Å²) < 4.78 is 63.5. The first kappa shape index (κ1) is 26.9. The van der Waals surface area contributed by atoms with Crippen molar-refractivity contribution in [2.45, 2.75) is 57.6 Å². The van der Waals surface area contributed by atoms with Crippen molar-refractivity contribution in [3.8, 4) is 0 Å². The lowest BCUT2D eigenvalue weighted by atomic mass is 10.1. The van der Waals surface area contributed by atoms with Gasteiger partial charge >= 0.3 is 15.5 Å². The Morgan fingerprint density at radius 2 is 1.97 bits per heavy atom. The monoisotopic (exact) mass is 566 g/mol. The number of rotatable bonds is 8. The van der Waals surface area contributed by atoms with Gasteiger partial charge in [-0.25, -0.2) is 13.4 Å². The SMILES string of the molecule is CCNC(=NCCCCn1ccnc1C)NC1CCN(S(=O)(=O)C(F)(F)F)CC1.I. The quantitative estimate of drug-likeness (QED) is 0.219. The molecule has 0 unspecified atom stereocenters. The van der Waals surface area contributed by atoms with Gasteiger partial charge in [0.05, 0.1) is 0 Å². The number of alkyl halides is 3. The Morgan fingerprint density at radius 3 is 2.50 bits per heavy atom. The van der Waals surface area contributed by atoms with E-state index in [1.54, 1.807) is 6.20 Å². The number of nitrogens with one attached hydrogen (secondary N) is 2. The number of nitrogens with zero attached hydrogens (tertiary/aromatic N) is 4. The van der Waals surface area contributed by atoms with Crippen molar-refractivity contribution in [2.24, 2.45) is 4.99 Å².